The van der Waals surface area contributed by atoms with Crippen LogP contribution in [0.3, 0.4) is 0 Å². The standard InChI is InChI=1S/C22H25N5O3S.HI/c1-23-22(25-11-15-12-30-19(26-15)16-4-2-9-31-16)24-7-3-8-27-20(28)17-13-5-6-14(10-13)18(17)21(27)29;/h2,4-6,9,12-14,17-18H,3,7-8,10-11H2,1H3,(H2,23,24,25);1H. The second kappa shape index (κ2) is 9.74. The third-order valence-electron chi connectivity index (χ3n) is 6.36. The van der Waals surface area contributed by atoms with Gasteiger partial charge in [-0.2, -0.15) is 0 Å². The number of aliphatic imine (C=N–C) groups is 1. The number of guanidine groups is 1. The van der Waals surface area contributed by atoms with E-state index in [1.54, 1.807) is 24.6 Å². The lowest BCUT2D eigenvalue weighted by molar-refractivity contribution is -0.140. The van der Waals surface area contributed by atoms with Crippen LogP contribution in [0.25, 0.3) is 10.8 Å². The van der Waals surface area contributed by atoms with E-state index in [1.165, 1.54) is 4.90 Å². The van der Waals surface area contributed by atoms with Crippen LogP contribution in [0.15, 0.2) is 45.3 Å². The first-order valence-electron chi connectivity index (χ1n) is 10.6. The molecule has 8 nitrogen and oxygen atoms in total. The summed E-state index contributed by atoms with van der Waals surface area (Å²) in [4.78, 5) is 36.6. The molecule has 4 unspecified atom stereocenters. The summed E-state index contributed by atoms with van der Waals surface area (Å²) < 4.78 is 5.53. The van der Waals surface area contributed by atoms with Gasteiger partial charge >= 0.3 is 0 Å². The SMILES string of the molecule is CN=C(NCCCN1C(=O)C2C3C=CC(C3)C2C1=O)NCc1coc(-c2cccs2)n1.I. The van der Waals surface area contributed by atoms with E-state index < -0.39 is 0 Å². The minimum absolute atomic E-state index is 0. The number of carbonyl (C=O) groups excluding carboxylic acids is 2. The van der Waals surface area contributed by atoms with Crippen molar-refractivity contribution in [1.82, 2.24) is 20.5 Å². The minimum Gasteiger partial charge on any atom is -0.443 e. The highest BCUT2D eigenvalue weighted by Gasteiger charge is 2.58. The third kappa shape index (κ3) is 4.21. The predicted molar refractivity (Wildman–Crippen MR) is 132 cm³/mol. The van der Waals surface area contributed by atoms with Crippen LogP contribution in [0.2, 0.25) is 0 Å². The summed E-state index contributed by atoms with van der Waals surface area (Å²) in [5.41, 5.74) is 0.786. The number of nitrogens with zero attached hydrogens (tertiary/aromatic N) is 3. The highest BCUT2D eigenvalue weighted by molar-refractivity contribution is 14.0. The number of thiophene rings is 1. The fraction of sp³-hybridized carbons (Fsp3) is 0.455. The molecule has 0 radical (unpaired) electrons. The topological polar surface area (TPSA) is 99.8 Å². The first-order chi connectivity index (χ1) is 15.2. The van der Waals surface area contributed by atoms with Crippen molar-refractivity contribution in [2.45, 2.75) is 19.4 Å². The zero-order chi connectivity index (χ0) is 21.4. The fourth-order valence-electron chi connectivity index (χ4n) is 4.92. The number of hydrogen-bond donors (Lipinski definition) is 2. The first kappa shape index (κ1) is 23.0. The normalized spacial score (nSPS) is 25.9. The second-order valence-corrected chi connectivity index (χ2v) is 9.10. The number of fused-ring (bicyclic) bond motifs is 5. The van der Waals surface area contributed by atoms with Crippen molar-refractivity contribution >= 4 is 53.1 Å². The molecule has 10 heteroatoms. The Morgan fingerprint density at radius 2 is 2.00 bits per heavy atom. The third-order valence-corrected chi connectivity index (χ3v) is 7.21. The smallest absolute Gasteiger partial charge is 0.236 e. The van der Waals surface area contributed by atoms with Crippen LogP contribution in [0, 0.1) is 23.7 Å². The molecule has 2 N–H and O–H groups in total. The molecule has 2 aliphatic carbocycles. The maximum absolute atomic E-state index is 12.7. The number of halogens is 1. The molecule has 5 rings (SSSR count). The van der Waals surface area contributed by atoms with E-state index in [0.29, 0.717) is 37.9 Å². The summed E-state index contributed by atoms with van der Waals surface area (Å²) >= 11 is 1.58. The van der Waals surface area contributed by atoms with Crippen molar-refractivity contribution in [2.75, 3.05) is 20.1 Å². The van der Waals surface area contributed by atoms with Crippen molar-refractivity contribution in [2.24, 2.45) is 28.7 Å². The molecule has 2 amide bonds. The fourth-order valence-corrected chi connectivity index (χ4v) is 5.58. The lowest BCUT2D eigenvalue weighted by atomic mass is 9.85. The van der Waals surface area contributed by atoms with Gasteiger partial charge in [0.25, 0.3) is 0 Å². The van der Waals surface area contributed by atoms with Crippen molar-refractivity contribution < 1.29 is 14.0 Å². The summed E-state index contributed by atoms with van der Waals surface area (Å²) in [6.45, 7) is 1.54. The molecular weight excluding hydrogens is 541 g/mol. The number of rotatable bonds is 7. The van der Waals surface area contributed by atoms with E-state index in [1.807, 2.05) is 17.5 Å². The molecule has 4 atom stereocenters. The van der Waals surface area contributed by atoms with Gasteiger partial charge in [-0.25, -0.2) is 4.98 Å². The number of likely N-dealkylation sites (tertiary alicyclic amines) is 1. The molecule has 0 aromatic carbocycles. The molecule has 2 fully saturated rings. The largest absolute Gasteiger partial charge is 0.443 e. The Morgan fingerprint density at radius 1 is 1.25 bits per heavy atom. The average Bonchev–Trinajstić information content (AvgIpc) is 3.59. The lowest BCUT2D eigenvalue weighted by Crippen LogP contribution is -2.39. The second-order valence-electron chi connectivity index (χ2n) is 8.16. The van der Waals surface area contributed by atoms with Gasteiger partial charge in [-0.3, -0.25) is 19.5 Å². The van der Waals surface area contributed by atoms with Gasteiger partial charge in [0.2, 0.25) is 17.7 Å². The van der Waals surface area contributed by atoms with Crippen LogP contribution in [-0.4, -0.2) is 47.8 Å². The molecule has 2 aromatic rings. The number of amides is 2. The maximum atomic E-state index is 12.7. The molecule has 3 heterocycles. The van der Waals surface area contributed by atoms with E-state index >= 15 is 0 Å². The van der Waals surface area contributed by atoms with Crippen LogP contribution >= 0.6 is 35.3 Å². The number of aromatic nitrogens is 1. The number of allylic oxidation sites excluding steroid dienone is 2. The summed E-state index contributed by atoms with van der Waals surface area (Å²) in [6.07, 6.45) is 7.52. The number of carbonyl (C=O) groups is 2. The Morgan fingerprint density at radius 3 is 2.66 bits per heavy atom. The van der Waals surface area contributed by atoms with Crippen molar-refractivity contribution in [3.8, 4) is 10.8 Å². The summed E-state index contributed by atoms with van der Waals surface area (Å²) in [7, 11) is 1.70. The Kier molecular flexibility index (Phi) is 6.99. The molecule has 1 aliphatic heterocycles. The Hall–Kier alpha value is -2.21. The van der Waals surface area contributed by atoms with Gasteiger partial charge in [-0.1, -0.05) is 18.2 Å². The number of nitrogens with one attached hydrogen (secondary N) is 2. The molecular formula is C22H26IN5O3S. The number of oxazole rings is 1. The predicted octanol–water partition coefficient (Wildman–Crippen LogP) is 2.88. The van der Waals surface area contributed by atoms with Gasteiger partial charge in [-0.05, 0) is 36.1 Å². The molecule has 2 aromatic heterocycles. The van der Waals surface area contributed by atoms with E-state index in [2.05, 4.69) is 32.8 Å². The monoisotopic (exact) mass is 567 g/mol. The molecule has 170 valence electrons. The molecule has 3 aliphatic rings. The number of imide groups is 1. The minimum atomic E-state index is -0.119. The van der Waals surface area contributed by atoms with Gasteiger partial charge in [0.1, 0.15) is 6.26 Å². The lowest BCUT2D eigenvalue weighted by Gasteiger charge is -2.17. The summed E-state index contributed by atoms with van der Waals surface area (Å²) in [5.74, 6) is 1.56. The van der Waals surface area contributed by atoms with Gasteiger partial charge in [0.05, 0.1) is 29.0 Å². The molecule has 32 heavy (non-hydrogen) atoms. The van der Waals surface area contributed by atoms with Crippen LogP contribution in [0.4, 0.5) is 0 Å². The first-order valence-corrected chi connectivity index (χ1v) is 11.5. The van der Waals surface area contributed by atoms with Crippen LogP contribution in [0.1, 0.15) is 18.5 Å². The van der Waals surface area contributed by atoms with Crippen molar-refractivity contribution in [3.63, 3.8) is 0 Å². The Labute approximate surface area is 207 Å². The Balaban J connectivity index is 0.00000245. The zero-order valence-corrected chi connectivity index (χ0v) is 20.8. The average molecular weight is 567 g/mol. The van der Waals surface area contributed by atoms with Gasteiger partial charge in [0.15, 0.2) is 5.96 Å². The maximum Gasteiger partial charge on any atom is 0.236 e. The van der Waals surface area contributed by atoms with E-state index in [4.69, 9.17) is 4.42 Å². The van der Waals surface area contributed by atoms with Gasteiger partial charge in [-0.15, -0.1) is 35.3 Å². The van der Waals surface area contributed by atoms with Crippen molar-refractivity contribution in [3.05, 3.63) is 41.6 Å². The highest BCUT2D eigenvalue weighted by Crippen LogP contribution is 2.52. The summed E-state index contributed by atoms with van der Waals surface area (Å²) in [6, 6.07) is 3.93. The highest BCUT2D eigenvalue weighted by atomic mass is 127. The van der Waals surface area contributed by atoms with Gasteiger partial charge in [0, 0.05) is 20.1 Å². The van der Waals surface area contributed by atoms with Crippen LogP contribution in [0.5, 0.6) is 0 Å². The van der Waals surface area contributed by atoms with E-state index in [0.717, 1.165) is 17.0 Å². The quantitative estimate of drug-likeness (QED) is 0.133. The van der Waals surface area contributed by atoms with Crippen LogP contribution < -0.4 is 10.6 Å². The molecule has 1 saturated heterocycles. The summed E-state index contributed by atoms with van der Waals surface area (Å²) in [5, 5.41) is 8.42. The van der Waals surface area contributed by atoms with Gasteiger partial charge < -0.3 is 15.1 Å². The Bertz CT molecular complexity index is 1000. The van der Waals surface area contributed by atoms with E-state index in [9.17, 15) is 9.59 Å². The zero-order valence-electron chi connectivity index (χ0n) is 17.7. The molecule has 2 bridgehead atoms. The van der Waals surface area contributed by atoms with Crippen molar-refractivity contribution in [1.29, 1.82) is 0 Å². The molecule has 0 spiro atoms. The number of hydrogen-bond acceptors (Lipinski definition) is 6. The molecule has 1 saturated carbocycles. The van der Waals surface area contributed by atoms with Crippen LogP contribution in [-0.2, 0) is 16.1 Å². The van der Waals surface area contributed by atoms with E-state index in [-0.39, 0.29) is 59.5 Å².